The van der Waals surface area contributed by atoms with Crippen LogP contribution in [0.25, 0.3) is 0 Å². The minimum Gasteiger partial charge on any atom is -0.375 e. The molecule has 0 aliphatic rings. The van der Waals surface area contributed by atoms with Crippen molar-refractivity contribution >= 4 is 33.3 Å². The van der Waals surface area contributed by atoms with Crippen molar-refractivity contribution in [1.29, 1.82) is 0 Å². The van der Waals surface area contributed by atoms with E-state index in [-0.39, 0.29) is 5.24 Å². The first kappa shape index (κ1) is 14.7. The molecular formula is C13H15ClN2OS. The van der Waals surface area contributed by atoms with Gasteiger partial charge in [-0.25, -0.2) is 4.98 Å². The van der Waals surface area contributed by atoms with Gasteiger partial charge in [-0.3, -0.25) is 4.79 Å². The highest BCUT2D eigenvalue weighted by Crippen LogP contribution is 2.11. The van der Waals surface area contributed by atoms with E-state index in [1.807, 2.05) is 37.3 Å². The number of anilines is 1. The summed E-state index contributed by atoms with van der Waals surface area (Å²) in [7, 11) is 0. The van der Waals surface area contributed by atoms with Crippen LogP contribution in [0.1, 0.15) is 16.9 Å². The van der Waals surface area contributed by atoms with Crippen molar-refractivity contribution in [3.63, 3.8) is 0 Å². The Morgan fingerprint density at radius 3 is 2.44 bits per heavy atom. The Hall–Kier alpha value is -1.39. The molecule has 1 aromatic heterocycles. The van der Waals surface area contributed by atoms with Crippen LogP contribution in [0.3, 0.4) is 0 Å². The number of aryl methyl sites for hydroxylation is 2. The Labute approximate surface area is 116 Å². The maximum absolute atomic E-state index is 10.4. The van der Waals surface area contributed by atoms with E-state index in [4.69, 9.17) is 17.3 Å². The molecule has 18 heavy (non-hydrogen) atoms. The number of hydrogen-bond donors (Lipinski definition) is 1. The van der Waals surface area contributed by atoms with Gasteiger partial charge in [-0.1, -0.05) is 30.3 Å². The van der Waals surface area contributed by atoms with Crippen LogP contribution < -0.4 is 5.73 Å². The summed E-state index contributed by atoms with van der Waals surface area (Å²) in [5.74, 6) is 0. The molecule has 0 radical (unpaired) electrons. The van der Waals surface area contributed by atoms with Crippen LogP contribution in [0.4, 0.5) is 5.13 Å². The summed E-state index contributed by atoms with van der Waals surface area (Å²) < 4.78 is 0. The fraction of sp³-hybridized carbons (Fsp3) is 0.231. The quantitative estimate of drug-likeness (QED) is 0.878. The summed E-state index contributed by atoms with van der Waals surface area (Å²) in [4.78, 5) is 15.4. The number of rotatable bonds is 3. The van der Waals surface area contributed by atoms with Gasteiger partial charge in [-0.15, -0.1) is 11.3 Å². The summed E-state index contributed by atoms with van der Waals surface area (Å²) in [6, 6.07) is 9.83. The second-order valence-corrected chi connectivity index (χ2v) is 5.34. The molecule has 0 aliphatic carbocycles. The highest BCUT2D eigenvalue weighted by molar-refractivity contribution is 7.15. The normalized spacial score (nSPS) is 9.44. The largest absolute Gasteiger partial charge is 0.375 e. The molecule has 0 bridgehead atoms. The summed E-state index contributed by atoms with van der Waals surface area (Å²) >= 11 is 6.70. The Balaban J connectivity index is 0.000000199. The van der Waals surface area contributed by atoms with E-state index in [0.717, 1.165) is 16.9 Å². The molecule has 1 heterocycles. The predicted molar refractivity (Wildman–Crippen MR) is 76.9 cm³/mol. The summed E-state index contributed by atoms with van der Waals surface area (Å²) in [5, 5.41) is 0.381. The van der Waals surface area contributed by atoms with Crippen LogP contribution in [-0.2, 0) is 11.2 Å². The fourth-order valence-electron chi connectivity index (χ4n) is 1.26. The molecule has 0 atom stereocenters. The molecule has 5 heteroatoms. The van der Waals surface area contributed by atoms with E-state index in [9.17, 15) is 4.79 Å². The predicted octanol–water partition coefficient (Wildman–Crippen LogP) is 3.42. The van der Waals surface area contributed by atoms with Crippen LogP contribution >= 0.6 is 22.9 Å². The van der Waals surface area contributed by atoms with Crippen molar-refractivity contribution < 1.29 is 4.79 Å². The van der Waals surface area contributed by atoms with Gasteiger partial charge in [-0.2, -0.15) is 0 Å². The lowest BCUT2D eigenvalue weighted by molar-refractivity contribution is -0.111. The first-order valence-corrected chi connectivity index (χ1v) is 6.67. The summed E-state index contributed by atoms with van der Waals surface area (Å²) in [6.07, 6.45) is 2.93. The zero-order chi connectivity index (χ0) is 13.4. The average Bonchev–Trinajstić information content (AvgIpc) is 2.73. The SMILES string of the molecule is Cc1cnc(N)s1.O=C(Cl)CCc1ccccc1. The van der Waals surface area contributed by atoms with Crippen molar-refractivity contribution in [1.82, 2.24) is 4.98 Å². The molecule has 96 valence electrons. The lowest BCUT2D eigenvalue weighted by Gasteiger charge is -1.95. The highest BCUT2D eigenvalue weighted by Gasteiger charge is 1.96. The number of nitrogens with zero attached hydrogens (tertiary/aromatic N) is 1. The van der Waals surface area contributed by atoms with Gasteiger partial charge in [0.15, 0.2) is 5.13 Å². The van der Waals surface area contributed by atoms with Gasteiger partial charge in [0.05, 0.1) is 0 Å². The summed E-state index contributed by atoms with van der Waals surface area (Å²) in [6.45, 7) is 1.98. The van der Waals surface area contributed by atoms with Gasteiger partial charge in [0, 0.05) is 17.5 Å². The first-order valence-electron chi connectivity index (χ1n) is 5.48. The van der Waals surface area contributed by atoms with E-state index in [0.29, 0.717) is 11.6 Å². The van der Waals surface area contributed by atoms with Crippen LogP contribution in [0, 0.1) is 6.92 Å². The van der Waals surface area contributed by atoms with E-state index in [1.54, 1.807) is 6.20 Å². The topological polar surface area (TPSA) is 56.0 Å². The fourth-order valence-corrected chi connectivity index (χ4v) is 1.89. The molecular weight excluding hydrogens is 268 g/mol. The Kier molecular flexibility index (Phi) is 6.39. The Bertz CT molecular complexity index is 468. The van der Waals surface area contributed by atoms with Gasteiger partial charge in [0.1, 0.15) is 0 Å². The molecule has 1 aromatic carbocycles. The number of nitrogen functional groups attached to an aromatic ring is 1. The smallest absolute Gasteiger partial charge is 0.221 e. The molecule has 0 saturated heterocycles. The zero-order valence-electron chi connectivity index (χ0n) is 10.1. The lowest BCUT2D eigenvalue weighted by atomic mass is 10.1. The first-order chi connectivity index (χ1) is 8.58. The van der Waals surface area contributed by atoms with Crippen molar-refractivity contribution in [2.24, 2.45) is 0 Å². The molecule has 0 amide bonds. The maximum atomic E-state index is 10.4. The van der Waals surface area contributed by atoms with Crippen LogP contribution in [0.5, 0.6) is 0 Å². The molecule has 0 fully saturated rings. The zero-order valence-corrected chi connectivity index (χ0v) is 11.7. The third-order valence-corrected chi connectivity index (χ3v) is 3.02. The molecule has 2 rings (SSSR count). The number of carbonyl (C=O) groups excluding carboxylic acids is 1. The van der Waals surface area contributed by atoms with E-state index < -0.39 is 0 Å². The molecule has 0 spiro atoms. The van der Waals surface area contributed by atoms with Crippen LogP contribution in [-0.4, -0.2) is 10.2 Å². The third-order valence-electron chi connectivity index (χ3n) is 2.09. The minimum absolute atomic E-state index is 0.270. The van der Waals surface area contributed by atoms with Crippen molar-refractivity contribution in [3.05, 3.63) is 47.0 Å². The standard InChI is InChI=1S/C9H9ClO.C4H6N2S/c10-9(11)7-6-8-4-2-1-3-5-8;1-3-2-6-4(5)7-3/h1-5H,6-7H2;2H,1H3,(H2,5,6). The van der Waals surface area contributed by atoms with E-state index in [2.05, 4.69) is 4.98 Å². The molecule has 2 N–H and O–H groups in total. The number of hydrogen-bond acceptors (Lipinski definition) is 4. The van der Waals surface area contributed by atoms with Gasteiger partial charge in [-0.05, 0) is 30.5 Å². The van der Waals surface area contributed by atoms with Gasteiger partial charge >= 0.3 is 0 Å². The number of halogens is 1. The lowest BCUT2D eigenvalue weighted by Crippen LogP contribution is -1.90. The second kappa shape index (κ2) is 7.84. The molecule has 0 aliphatic heterocycles. The number of aromatic nitrogens is 1. The monoisotopic (exact) mass is 282 g/mol. The Morgan fingerprint density at radius 2 is 2.06 bits per heavy atom. The number of nitrogens with two attached hydrogens (primary N) is 1. The van der Waals surface area contributed by atoms with E-state index >= 15 is 0 Å². The van der Waals surface area contributed by atoms with Crippen LogP contribution in [0.15, 0.2) is 36.5 Å². The van der Waals surface area contributed by atoms with Crippen molar-refractivity contribution in [3.8, 4) is 0 Å². The maximum Gasteiger partial charge on any atom is 0.221 e. The Morgan fingerprint density at radius 1 is 1.39 bits per heavy atom. The van der Waals surface area contributed by atoms with Gasteiger partial charge in [0.2, 0.25) is 5.24 Å². The molecule has 0 unspecified atom stereocenters. The van der Waals surface area contributed by atoms with Crippen molar-refractivity contribution in [2.45, 2.75) is 19.8 Å². The molecule has 3 nitrogen and oxygen atoms in total. The van der Waals surface area contributed by atoms with Crippen LogP contribution in [0.2, 0.25) is 0 Å². The highest BCUT2D eigenvalue weighted by atomic mass is 35.5. The van der Waals surface area contributed by atoms with Crippen molar-refractivity contribution in [2.75, 3.05) is 5.73 Å². The number of carbonyl (C=O) groups is 1. The number of thiazole rings is 1. The number of benzene rings is 1. The summed E-state index contributed by atoms with van der Waals surface area (Å²) in [5.41, 5.74) is 6.44. The minimum atomic E-state index is -0.270. The molecule has 0 saturated carbocycles. The van der Waals surface area contributed by atoms with E-state index in [1.165, 1.54) is 11.3 Å². The third kappa shape index (κ3) is 6.37. The van der Waals surface area contributed by atoms with Gasteiger partial charge in [0.25, 0.3) is 0 Å². The van der Waals surface area contributed by atoms with Gasteiger partial charge < -0.3 is 5.73 Å². The average molecular weight is 283 g/mol. The second-order valence-electron chi connectivity index (χ2n) is 3.65. The molecule has 2 aromatic rings.